The first-order chi connectivity index (χ1) is 12.9. The van der Waals surface area contributed by atoms with Crippen LogP contribution in [0.2, 0.25) is 0 Å². The molecule has 1 aliphatic rings. The normalized spacial score (nSPS) is 14.9. The molecule has 0 unspecified atom stereocenters. The van der Waals surface area contributed by atoms with E-state index in [4.69, 9.17) is 19.8 Å². The molecule has 144 valence electrons. The van der Waals surface area contributed by atoms with Gasteiger partial charge in [0.05, 0.1) is 0 Å². The molecule has 3 rings (SSSR count). The van der Waals surface area contributed by atoms with Gasteiger partial charge < -0.3 is 10.2 Å². The SMILES string of the molecule is Cc1ccc(CN2CCN(Cc3cccnc3)CC2)cc1.O=C(O)C(=O)O. The number of hydrogen-bond acceptors (Lipinski definition) is 5. The summed E-state index contributed by atoms with van der Waals surface area (Å²) >= 11 is 0. The molecule has 0 aliphatic carbocycles. The summed E-state index contributed by atoms with van der Waals surface area (Å²) < 4.78 is 0. The van der Waals surface area contributed by atoms with Gasteiger partial charge in [0.15, 0.2) is 0 Å². The molecular weight excluding hydrogens is 346 g/mol. The number of aryl methyl sites for hydroxylation is 1. The Bertz CT molecular complexity index is 715. The smallest absolute Gasteiger partial charge is 0.414 e. The highest BCUT2D eigenvalue weighted by Gasteiger charge is 2.17. The highest BCUT2D eigenvalue weighted by Crippen LogP contribution is 2.11. The van der Waals surface area contributed by atoms with Crippen molar-refractivity contribution >= 4 is 11.9 Å². The Kier molecular flexibility index (Phi) is 7.91. The minimum absolute atomic E-state index is 1.02. The number of piperazine rings is 1. The van der Waals surface area contributed by atoms with Gasteiger partial charge >= 0.3 is 11.9 Å². The quantitative estimate of drug-likeness (QED) is 0.792. The zero-order valence-electron chi connectivity index (χ0n) is 15.4. The Morgan fingerprint density at radius 1 is 0.889 bits per heavy atom. The Morgan fingerprint density at radius 3 is 1.85 bits per heavy atom. The van der Waals surface area contributed by atoms with Crippen LogP contribution in [0.5, 0.6) is 0 Å². The van der Waals surface area contributed by atoms with Gasteiger partial charge in [-0.05, 0) is 24.1 Å². The van der Waals surface area contributed by atoms with Crippen molar-refractivity contribution in [2.75, 3.05) is 26.2 Å². The van der Waals surface area contributed by atoms with E-state index in [1.54, 1.807) is 0 Å². The maximum absolute atomic E-state index is 9.10. The number of nitrogens with zero attached hydrogens (tertiary/aromatic N) is 3. The molecule has 0 bridgehead atoms. The number of rotatable bonds is 4. The van der Waals surface area contributed by atoms with Gasteiger partial charge in [0.2, 0.25) is 0 Å². The van der Waals surface area contributed by atoms with E-state index >= 15 is 0 Å². The van der Waals surface area contributed by atoms with Gasteiger partial charge in [-0.25, -0.2) is 9.59 Å². The van der Waals surface area contributed by atoms with Crippen molar-refractivity contribution < 1.29 is 19.8 Å². The van der Waals surface area contributed by atoms with Crippen LogP contribution in [0.4, 0.5) is 0 Å². The number of pyridine rings is 1. The van der Waals surface area contributed by atoms with Crippen LogP contribution in [0.25, 0.3) is 0 Å². The predicted molar refractivity (Wildman–Crippen MR) is 101 cm³/mol. The van der Waals surface area contributed by atoms with Crippen LogP contribution in [0, 0.1) is 6.92 Å². The Hall–Kier alpha value is -2.77. The van der Waals surface area contributed by atoms with Gasteiger partial charge in [-0.1, -0.05) is 35.9 Å². The number of aromatic nitrogens is 1. The second-order valence-electron chi connectivity index (χ2n) is 6.51. The van der Waals surface area contributed by atoms with Crippen molar-refractivity contribution in [3.05, 3.63) is 65.5 Å². The first kappa shape index (κ1) is 20.5. The molecule has 7 heteroatoms. The number of carboxylic acids is 2. The van der Waals surface area contributed by atoms with Crippen LogP contribution < -0.4 is 0 Å². The number of aliphatic carboxylic acids is 2. The second-order valence-corrected chi connectivity index (χ2v) is 6.51. The summed E-state index contributed by atoms with van der Waals surface area (Å²) in [4.78, 5) is 27.5. The van der Waals surface area contributed by atoms with Crippen molar-refractivity contribution in [3.8, 4) is 0 Å². The minimum Gasteiger partial charge on any atom is -0.473 e. The molecule has 1 aromatic carbocycles. The van der Waals surface area contributed by atoms with E-state index in [0.29, 0.717) is 0 Å². The first-order valence-electron chi connectivity index (χ1n) is 8.79. The van der Waals surface area contributed by atoms with Crippen molar-refractivity contribution in [1.29, 1.82) is 0 Å². The van der Waals surface area contributed by atoms with E-state index in [9.17, 15) is 0 Å². The maximum Gasteiger partial charge on any atom is 0.414 e. The number of hydrogen-bond donors (Lipinski definition) is 2. The number of carbonyl (C=O) groups is 2. The molecule has 2 heterocycles. The predicted octanol–water partition coefficient (Wildman–Crippen LogP) is 1.86. The van der Waals surface area contributed by atoms with Crippen LogP contribution in [0.1, 0.15) is 16.7 Å². The fourth-order valence-electron chi connectivity index (χ4n) is 2.81. The molecule has 0 spiro atoms. The summed E-state index contributed by atoms with van der Waals surface area (Å²) in [6, 6.07) is 13.1. The summed E-state index contributed by atoms with van der Waals surface area (Å²) in [7, 11) is 0. The summed E-state index contributed by atoms with van der Waals surface area (Å²) in [5.41, 5.74) is 4.06. The summed E-state index contributed by atoms with van der Waals surface area (Å²) in [5.74, 6) is -3.65. The molecule has 0 saturated carbocycles. The summed E-state index contributed by atoms with van der Waals surface area (Å²) in [5, 5.41) is 14.8. The van der Waals surface area contributed by atoms with Gasteiger partial charge in [-0.3, -0.25) is 14.8 Å². The van der Waals surface area contributed by atoms with E-state index in [1.807, 2.05) is 18.5 Å². The van der Waals surface area contributed by atoms with Crippen LogP contribution in [-0.4, -0.2) is 63.1 Å². The zero-order chi connectivity index (χ0) is 19.6. The highest BCUT2D eigenvalue weighted by atomic mass is 16.4. The molecule has 0 radical (unpaired) electrons. The van der Waals surface area contributed by atoms with Gasteiger partial charge in [0.1, 0.15) is 0 Å². The second kappa shape index (κ2) is 10.4. The highest BCUT2D eigenvalue weighted by molar-refractivity contribution is 6.27. The molecule has 0 atom stereocenters. The van der Waals surface area contributed by atoms with E-state index in [1.165, 1.54) is 16.7 Å². The third-order valence-electron chi connectivity index (χ3n) is 4.30. The lowest BCUT2D eigenvalue weighted by Gasteiger charge is -2.34. The molecule has 2 aromatic rings. The molecule has 1 fully saturated rings. The summed E-state index contributed by atoms with van der Waals surface area (Å²) in [6.07, 6.45) is 3.81. The monoisotopic (exact) mass is 371 g/mol. The van der Waals surface area contributed by atoms with Gasteiger partial charge in [-0.15, -0.1) is 0 Å². The lowest BCUT2D eigenvalue weighted by atomic mass is 10.1. The van der Waals surface area contributed by atoms with Crippen molar-refractivity contribution in [3.63, 3.8) is 0 Å². The molecule has 2 N–H and O–H groups in total. The molecule has 1 saturated heterocycles. The summed E-state index contributed by atoms with van der Waals surface area (Å²) in [6.45, 7) is 8.80. The lowest BCUT2D eigenvalue weighted by molar-refractivity contribution is -0.159. The fourth-order valence-corrected chi connectivity index (χ4v) is 2.81. The van der Waals surface area contributed by atoms with Crippen molar-refractivity contribution in [1.82, 2.24) is 14.8 Å². The Labute approximate surface area is 158 Å². The third-order valence-corrected chi connectivity index (χ3v) is 4.30. The van der Waals surface area contributed by atoms with E-state index in [2.05, 4.69) is 52.0 Å². The molecule has 1 aromatic heterocycles. The largest absolute Gasteiger partial charge is 0.473 e. The van der Waals surface area contributed by atoms with Gasteiger partial charge in [-0.2, -0.15) is 0 Å². The third kappa shape index (κ3) is 7.55. The van der Waals surface area contributed by atoms with Crippen LogP contribution in [0.15, 0.2) is 48.8 Å². The maximum atomic E-state index is 9.10. The first-order valence-corrected chi connectivity index (χ1v) is 8.79. The van der Waals surface area contributed by atoms with Crippen molar-refractivity contribution in [2.45, 2.75) is 20.0 Å². The lowest BCUT2D eigenvalue weighted by Crippen LogP contribution is -2.45. The Morgan fingerprint density at radius 2 is 1.41 bits per heavy atom. The topological polar surface area (TPSA) is 94.0 Å². The van der Waals surface area contributed by atoms with Crippen LogP contribution in [0.3, 0.4) is 0 Å². The molecule has 0 amide bonds. The fraction of sp³-hybridized carbons (Fsp3) is 0.350. The number of carboxylic acid groups (broad SMARTS) is 2. The molecule has 1 aliphatic heterocycles. The van der Waals surface area contributed by atoms with Gasteiger partial charge in [0.25, 0.3) is 0 Å². The zero-order valence-corrected chi connectivity index (χ0v) is 15.4. The van der Waals surface area contributed by atoms with E-state index in [-0.39, 0.29) is 0 Å². The van der Waals surface area contributed by atoms with Crippen molar-refractivity contribution in [2.24, 2.45) is 0 Å². The Balaban J connectivity index is 0.000000380. The standard InChI is InChI=1S/C18H23N3.C2H2O4/c1-16-4-6-17(7-5-16)14-20-9-11-21(12-10-20)15-18-3-2-8-19-13-18;3-1(4)2(5)6/h2-8,13H,9-12,14-15H2,1H3;(H,3,4)(H,5,6). The molecular formula is C20H25N3O4. The average Bonchev–Trinajstić information content (AvgIpc) is 2.66. The van der Waals surface area contributed by atoms with E-state index < -0.39 is 11.9 Å². The van der Waals surface area contributed by atoms with Gasteiger partial charge in [0, 0.05) is 51.7 Å². The number of benzene rings is 1. The van der Waals surface area contributed by atoms with Crippen LogP contribution >= 0.6 is 0 Å². The minimum atomic E-state index is -1.82. The molecule has 27 heavy (non-hydrogen) atoms. The van der Waals surface area contributed by atoms with Crippen LogP contribution in [-0.2, 0) is 22.7 Å². The van der Waals surface area contributed by atoms with E-state index in [0.717, 1.165) is 39.3 Å². The average molecular weight is 371 g/mol. The molecule has 7 nitrogen and oxygen atoms in total.